The third kappa shape index (κ3) is 3.08. The maximum Gasteiger partial charge on any atom is 0.266 e. The number of H-pyrrole nitrogens is 1. The van der Waals surface area contributed by atoms with Crippen LogP contribution < -0.4 is 10.9 Å². The lowest BCUT2D eigenvalue weighted by molar-refractivity contribution is 0.103. The number of nitrogens with one attached hydrogen (secondary N) is 2. The molecule has 2 N–H and O–H groups in total. The lowest BCUT2D eigenvalue weighted by Gasteiger charge is -2.08. The Morgan fingerprint density at radius 3 is 2.73 bits per heavy atom. The number of rotatable bonds is 4. The molecule has 148 valence electrons. The Labute approximate surface area is 173 Å². The smallest absolute Gasteiger partial charge is 0.266 e. The molecule has 4 heterocycles. The molecule has 1 amide bonds. The van der Waals surface area contributed by atoms with E-state index in [1.807, 2.05) is 35.7 Å². The molecule has 0 saturated carbocycles. The van der Waals surface area contributed by atoms with Gasteiger partial charge in [-0.25, -0.2) is 4.68 Å². The molecule has 1 aromatic carbocycles. The molecule has 0 unspecified atom stereocenters. The summed E-state index contributed by atoms with van der Waals surface area (Å²) in [5, 5.41) is 13.7. The van der Waals surface area contributed by atoms with Gasteiger partial charge in [-0.05, 0) is 30.5 Å². The number of hydrogen-bond acceptors (Lipinski definition) is 6. The summed E-state index contributed by atoms with van der Waals surface area (Å²) in [7, 11) is 0. The predicted molar refractivity (Wildman–Crippen MR) is 114 cm³/mol. The number of anilines is 1. The van der Waals surface area contributed by atoms with E-state index in [0.29, 0.717) is 27.4 Å². The van der Waals surface area contributed by atoms with Gasteiger partial charge < -0.3 is 5.32 Å². The van der Waals surface area contributed by atoms with Crippen LogP contribution in [0.3, 0.4) is 0 Å². The Morgan fingerprint density at radius 2 is 1.97 bits per heavy atom. The molecule has 4 aromatic heterocycles. The number of aromatic amines is 1. The second-order valence-electron chi connectivity index (χ2n) is 6.53. The maximum absolute atomic E-state index is 12.7. The molecular formula is C20H15N7O2S. The SMILES string of the molecule is Cc1cc(NC(=O)c2cccs2)n(-c2nc3c(cnn3-c3ccccc3)c(=O)[nH]2)n1. The second-order valence-corrected chi connectivity index (χ2v) is 7.48. The summed E-state index contributed by atoms with van der Waals surface area (Å²) in [4.78, 5) is 33.0. The number of hydrogen-bond donors (Lipinski definition) is 2. The van der Waals surface area contributed by atoms with Crippen molar-refractivity contribution < 1.29 is 4.79 Å². The van der Waals surface area contributed by atoms with Crippen molar-refractivity contribution in [2.75, 3.05) is 5.32 Å². The zero-order chi connectivity index (χ0) is 20.7. The average Bonchev–Trinajstić information content (AvgIpc) is 3.48. The molecule has 5 aromatic rings. The predicted octanol–water partition coefficient (Wildman–Crippen LogP) is 2.92. The van der Waals surface area contributed by atoms with E-state index in [1.54, 1.807) is 29.8 Å². The first-order valence-electron chi connectivity index (χ1n) is 9.05. The van der Waals surface area contributed by atoms with Gasteiger partial charge >= 0.3 is 0 Å². The maximum atomic E-state index is 12.7. The average molecular weight is 417 g/mol. The van der Waals surface area contributed by atoms with Crippen LogP contribution in [0.1, 0.15) is 15.4 Å². The van der Waals surface area contributed by atoms with E-state index in [9.17, 15) is 9.59 Å². The third-order valence-corrected chi connectivity index (χ3v) is 5.31. The summed E-state index contributed by atoms with van der Waals surface area (Å²) in [6, 6.07) is 14.7. The highest BCUT2D eigenvalue weighted by Crippen LogP contribution is 2.19. The van der Waals surface area contributed by atoms with E-state index >= 15 is 0 Å². The lowest BCUT2D eigenvalue weighted by Crippen LogP contribution is -2.18. The van der Waals surface area contributed by atoms with E-state index in [4.69, 9.17) is 0 Å². The van der Waals surface area contributed by atoms with Gasteiger partial charge in [-0.1, -0.05) is 24.3 Å². The normalized spacial score (nSPS) is 11.1. The summed E-state index contributed by atoms with van der Waals surface area (Å²) in [6.45, 7) is 1.79. The third-order valence-electron chi connectivity index (χ3n) is 4.45. The van der Waals surface area contributed by atoms with Crippen LogP contribution in [-0.2, 0) is 0 Å². The highest BCUT2D eigenvalue weighted by atomic mass is 32.1. The minimum atomic E-state index is -0.346. The summed E-state index contributed by atoms with van der Waals surface area (Å²) in [5.74, 6) is 0.322. The van der Waals surface area contributed by atoms with Crippen molar-refractivity contribution in [2.45, 2.75) is 6.92 Å². The van der Waals surface area contributed by atoms with Crippen LogP contribution in [0.25, 0.3) is 22.7 Å². The van der Waals surface area contributed by atoms with Gasteiger partial charge in [0.15, 0.2) is 5.65 Å². The molecule has 30 heavy (non-hydrogen) atoms. The first-order valence-corrected chi connectivity index (χ1v) is 9.93. The van der Waals surface area contributed by atoms with Crippen LogP contribution in [-0.4, -0.2) is 35.4 Å². The molecule has 0 aliphatic heterocycles. The van der Waals surface area contributed by atoms with Gasteiger partial charge in [-0.2, -0.15) is 19.9 Å². The zero-order valence-electron chi connectivity index (χ0n) is 15.7. The van der Waals surface area contributed by atoms with Crippen molar-refractivity contribution in [3.05, 3.63) is 81.0 Å². The monoisotopic (exact) mass is 417 g/mol. The fourth-order valence-electron chi connectivity index (χ4n) is 3.10. The van der Waals surface area contributed by atoms with Crippen molar-refractivity contribution in [1.82, 2.24) is 29.5 Å². The van der Waals surface area contributed by atoms with E-state index in [2.05, 4.69) is 25.5 Å². The number of aromatic nitrogens is 6. The number of para-hydroxylation sites is 1. The molecule has 10 heteroatoms. The van der Waals surface area contributed by atoms with Gasteiger partial charge in [0, 0.05) is 6.07 Å². The van der Waals surface area contributed by atoms with Crippen LogP contribution in [0.4, 0.5) is 5.82 Å². The van der Waals surface area contributed by atoms with Gasteiger partial charge in [0.25, 0.3) is 11.5 Å². The van der Waals surface area contributed by atoms with Gasteiger partial charge in [0.05, 0.1) is 22.5 Å². The van der Waals surface area contributed by atoms with Crippen LogP contribution >= 0.6 is 11.3 Å². The molecule has 9 nitrogen and oxygen atoms in total. The largest absolute Gasteiger partial charge is 0.306 e. The fourth-order valence-corrected chi connectivity index (χ4v) is 3.72. The molecule has 0 saturated heterocycles. The summed E-state index contributed by atoms with van der Waals surface area (Å²) in [5.41, 5.74) is 1.49. The molecule has 0 aliphatic rings. The molecular weight excluding hydrogens is 402 g/mol. The van der Waals surface area contributed by atoms with Crippen molar-refractivity contribution >= 4 is 34.1 Å². The molecule has 0 fully saturated rings. The number of nitrogens with zero attached hydrogens (tertiary/aromatic N) is 5. The lowest BCUT2D eigenvalue weighted by atomic mass is 10.3. The first kappa shape index (κ1) is 18.0. The summed E-state index contributed by atoms with van der Waals surface area (Å²) < 4.78 is 3.00. The van der Waals surface area contributed by atoms with Gasteiger partial charge in [0.1, 0.15) is 11.2 Å². The fraction of sp³-hybridized carbons (Fsp3) is 0.0500. The highest BCUT2D eigenvalue weighted by molar-refractivity contribution is 7.12. The van der Waals surface area contributed by atoms with Crippen molar-refractivity contribution in [2.24, 2.45) is 0 Å². The Kier molecular flexibility index (Phi) is 4.25. The number of carbonyl (C=O) groups excluding carboxylic acids is 1. The van der Waals surface area contributed by atoms with Crippen molar-refractivity contribution in [3.8, 4) is 11.6 Å². The minimum Gasteiger partial charge on any atom is -0.306 e. The van der Waals surface area contributed by atoms with E-state index in [0.717, 1.165) is 5.69 Å². The Bertz CT molecular complexity index is 1410. The van der Waals surface area contributed by atoms with Gasteiger partial charge in [-0.15, -0.1) is 11.3 Å². The van der Waals surface area contributed by atoms with Crippen molar-refractivity contribution in [3.63, 3.8) is 0 Å². The van der Waals surface area contributed by atoms with Crippen molar-refractivity contribution in [1.29, 1.82) is 0 Å². The Hall–Kier alpha value is -4.05. The molecule has 5 rings (SSSR count). The van der Waals surface area contributed by atoms with Crippen LogP contribution in [0.5, 0.6) is 0 Å². The number of carbonyl (C=O) groups is 1. The van der Waals surface area contributed by atoms with Gasteiger partial charge in [-0.3, -0.25) is 14.6 Å². The summed E-state index contributed by atoms with van der Waals surface area (Å²) >= 11 is 1.34. The zero-order valence-corrected chi connectivity index (χ0v) is 16.6. The molecule has 0 atom stereocenters. The number of aryl methyl sites for hydroxylation is 1. The number of thiophene rings is 1. The molecule has 0 radical (unpaired) electrons. The molecule has 0 bridgehead atoms. The van der Waals surface area contributed by atoms with E-state index < -0.39 is 0 Å². The van der Waals surface area contributed by atoms with E-state index in [1.165, 1.54) is 22.2 Å². The summed E-state index contributed by atoms with van der Waals surface area (Å²) in [6.07, 6.45) is 1.48. The van der Waals surface area contributed by atoms with Gasteiger partial charge in [0.2, 0.25) is 5.95 Å². The number of benzene rings is 1. The molecule has 0 aliphatic carbocycles. The number of fused-ring (bicyclic) bond motifs is 1. The minimum absolute atomic E-state index is 0.180. The second kappa shape index (κ2) is 7.08. The topological polar surface area (TPSA) is 110 Å². The highest BCUT2D eigenvalue weighted by Gasteiger charge is 2.17. The van der Waals surface area contributed by atoms with Crippen LogP contribution in [0, 0.1) is 6.92 Å². The molecule has 0 spiro atoms. The first-order chi connectivity index (χ1) is 14.6. The van der Waals surface area contributed by atoms with Crippen LogP contribution in [0.2, 0.25) is 0 Å². The quantitative estimate of drug-likeness (QED) is 0.467. The van der Waals surface area contributed by atoms with E-state index in [-0.39, 0.29) is 17.4 Å². The Balaban J connectivity index is 1.62. The number of amides is 1. The van der Waals surface area contributed by atoms with Crippen LogP contribution in [0.15, 0.2) is 64.9 Å². The Morgan fingerprint density at radius 1 is 1.13 bits per heavy atom. The standard InChI is InChI=1S/C20H15N7O2S/c1-12-10-16(22-19(29)15-8-5-9-30-15)27(25-12)20-23-17-14(18(28)24-20)11-21-26(17)13-6-3-2-4-7-13/h2-11H,1H3,(H,22,29)(H,23,24,28).